The molecular formula is C28H30BrNO7. The summed E-state index contributed by atoms with van der Waals surface area (Å²) in [6.45, 7) is 1.68. The second kappa shape index (κ2) is 11.7. The third kappa shape index (κ3) is 5.85. The predicted molar refractivity (Wildman–Crippen MR) is 138 cm³/mol. The number of hydrogen-bond donors (Lipinski definition) is 2. The van der Waals surface area contributed by atoms with Gasteiger partial charge in [0.25, 0.3) is 0 Å². The number of imide groups is 1. The maximum absolute atomic E-state index is 14.0. The maximum atomic E-state index is 14.0. The average Bonchev–Trinajstić information content (AvgIpc) is 3.19. The van der Waals surface area contributed by atoms with Gasteiger partial charge < -0.3 is 19.7 Å². The number of carbonyl (C=O) groups is 3. The van der Waals surface area contributed by atoms with Crippen molar-refractivity contribution in [3.8, 4) is 0 Å². The van der Waals surface area contributed by atoms with Crippen molar-refractivity contribution < 1.29 is 34.1 Å². The molecule has 1 saturated heterocycles. The van der Waals surface area contributed by atoms with Crippen LogP contribution in [0.4, 0.5) is 4.79 Å². The summed E-state index contributed by atoms with van der Waals surface area (Å²) in [7, 11) is 0. The van der Waals surface area contributed by atoms with Crippen molar-refractivity contribution in [1.29, 1.82) is 0 Å². The summed E-state index contributed by atoms with van der Waals surface area (Å²) < 4.78 is 11.7. The lowest BCUT2D eigenvalue weighted by Gasteiger charge is -2.38. The number of ether oxygens (including phenoxy) is 2. The van der Waals surface area contributed by atoms with Crippen molar-refractivity contribution in [1.82, 2.24) is 4.90 Å². The number of carbonyl (C=O) groups excluding carboxylic acids is 3. The van der Waals surface area contributed by atoms with Gasteiger partial charge in [-0.3, -0.25) is 9.59 Å². The first-order valence-corrected chi connectivity index (χ1v) is 13.1. The zero-order valence-electron chi connectivity index (χ0n) is 20.5. The summed E-state index contributed by atoms with van der Waals surface area (Å²) >= 11 is 3.24. The largest absolute Gasteiger partial charge is 0.439 e. The van der Waals surface area contributed by atoms with E-state index >= 15 is 0 Å². The van der Waals surface area contributed by atoms with Crippen LogP contribution in [0.1, 0.15) is 43.4 Å². The number of halogens is 1. The van der Waals surface area contributed by atoms with Crippen LogP contribution in [0, 0.1) is 5.92 Å². The molecule has 8 nitrogen and oxygen atoms in total. The van der Waals surface area contributed by atoms with Gasteiger partial charge in [0.15, 0.2) is 11.6 Å². The maximum Gasteiger partial charge on any atom is 0.417 e. The third-order valence-corrected chi connectivity index (χ3v) is 7.63. The first-order chi connectivity index (χ1) is 17.7. The van der Waals surface area contributed by atoms with E-state index < -0.39 is 47.7 Å². The van der Waals surface area contributed by atoms with Crippen molar-refractivity contribution in [2.75, 3.05) is 6.61 Å². The number of aliphatic hydroxyl groups is 2. The molecule has 1 fully saturated rings. The lowest BCUT2D eigenvalue weighted by atomic mass is 9.87. The van der Waals surface area contributed by atoms with Crippen LogP contribution >= 0.6 is 15.9 Å². The molecule has 2 aromatic carbocycles. The highest BCUT2D eigenvalue weighted by Crippen LogP contribution is 2.39. The molecule has 2 heterocycles. The van der Waals surface area contributed by atoms with E-state index in [2.05, 4.69) is 15.9 Å². The summed E-state index contributed by atoms with van der Waals surface area (Å²) in [6, 6.07) is 17.7. The van der Waals surface area contributed by atoms with E-state index in [-0.39, 0.29) is 23.9 Å². The molecule has 9 heteroatoms. The summed E-state index contributed by atoms with van der Waals surface area (Å²) in [5.41, 5.74) is 1.53. The van der Waals surface area contributed by atoms with E-state index in [1.807, 2.05) is 60.7 Å². The summed E-state index contributed by atoms with van der Waals surface area (Å²) in [4.78, 5) is 41.1. The van der Waals surface area contributed by atoms with Crippen LogP contribution in [0.25, 0.3) is 0 Å². The van der Waals surface area contributed by atoms with E-state index in [1.54, 1.807) is 6.92 Å². The van der Waals surface area contributed by atoms with Crippen molar-refractivity contribution in [3.63, 3.8) is 0 Å². The molecule has 2 N–H and O–H groups in total. The van der Waals surface area contributed by atoms with Gasteiger partial charge in [0, 0.05) is 13.0 Å². The Morgan fingerprint density at radius 3 is 2.38 bits per heavy atom. The van der Waals surface area contributed by atoms with Crippen LogP contribution in [0.2, 0.25) is 0 Å². The monoisotopic (exact) mass is 571 g/mol. The van der Waals surface area contributed by atoms with Crippen LogP contribution < -0.4 is 0 Å². The lowest BCUT2D eigenvalue weighted by molar-refractivity contribution is -0.218. The fourth-order valence-corrected chi connectivity index (χ4v) is 5.31. The number of hydrogen-bond acceptors (Lipinski definition) is 7. The van der Waals surface area contributed by atoms with Gasteiger partial charge in [-0.05, 0) is 59.3 Å². The van der Waals surface area contributed by atoms with Crippen LogP contribution in [-0.4, -0.2) is 57.4 Å². The van der Waals surface area contributed by atoms with E-state index in [0.717, 1.165) is 16.0 Å². The molecule has 2 amide bonds. The van der Waals surface area contributed by atoms with Gasteiger partial charge in [0.1, 0.15) is 12.2 Å². The van der Waals surface area contributed by atoms with Crippen LogP contribution in [-0.2, 0) is 25.5 Å². The predicted octanol–water partition coefficient (Wildman–Crippen LogP) is 4.05. The van der Waals surface area contributed by atoms with Crippen LogP contribution in [0.15, 0.2) is 71.2 Å². The highest BCUT2D eigenvalue weighted by Gasteiger charge is 2.51. The van der Waals surface area contributed by atoms with Gasteiger partial charge >= 0.3 is 6.09 Å². The first kappa shape index (κ1) is 27.2. The molecule has 2 aliphatic rings. The smallest absolute Gasteiger partial charge is 0.417 e. The molecular weight excluding hydrogens is 542 g/mol. The molecule has 0 bridgehead atoms. The molecule has 0 unspecified atom stereocenters. The van der Waals surface area contributed by atoms with Crippen LogP contribution in [0.5, 0.6) is 0 Å². The Balaban J connectivity index is 1.66. The van der Waals surface area contributed by atoms with E-state index in [0.29, 0.717) is 12.8 Å². The Kier molecular flexibility index (Phi) is 8.59. The number of nitrogens with zero attached hydrogens (tertiary/aromatic N) is 1. The van der Waals surface area contributed by atoms with Crippen molar-refractivity contribution >= 4 is 33.7 Å². The fraction of sp³-hybridized carbons (Fsp3) is 0.393. The first-order valence-electron chi connectivity index (χ1n) is 12.3. The molecule has 2 aliphatic heterocycles. The fourth-order valence-electron chi connectivity index (χ4n) is 4.80. The number of cyclic esters (lactones) is 1. The zero-order valence-corrected chi connectivity index (χ0v) is 22.0. The Labute approximate surface area is 224 Å². The summed E-state index contributed by atoms with van der Waals surface area (Å²) in [5, 5.41) is 20.4. The number of aliphatic hydroxyl groups excluding tert-OH is 1. The molecule has 0 aliphatic carbocycles. The molecule has 4 rings (SSSR count). The number of amides is 2. The molecule has 196 valence electrons. The van der Waals surface area contributed by atoms with Crippen LogP contribution in [0.3, 0.4) is 0 Å². The molecule has 5 atom stereocenters. The Bertz CT molecular complexity index is 1160. The quantitative estimate of drug-likeness (QED) is 0.436. The van der Waals surface area contributed by atoms with Gasteiger partial charge in [0.05, 0.1) is 16.4 Å². The molecule has 2 aromatic rings. The molecule has 0 spiro atoms. The number of unbranched alkanes of at least 4 members (excludes halogenated alkanes) is 1. The van der Waals surface area contributed by atoms with Gasteiger partial charge in [0.2, 0.25) is 5.91 Å². The van der Waals surface area contributed by atoms with Gasteiger partial charge in [-0.1, -0.05) is 60.7 Å². The van der Waals surface area contributed by atoms with Crippen molar-refractivity contribution in [3.05, 3.63) is 82.3 Å². The van der Waals surface area contributed by atoms with E-state index in [9.17, 15) is 19.5 Å². The normalized spacial score (nSPS) is 26.5. The Morgan fingerprint density at radius 1 is 1.08 bits per heavy atom. The van der Waals surface area contributed by atoms with Crippen molar-refractivity contribution in [2.24, 2.45) is 5.92 Å². The van der Waals surface area contributed by atoms with E-state index in [1.165, 1.54) is 6.08 Å². The summed E-state index contributed by atoms with van der Waals surface area (Å²) in [6.07, 6.45) is -0.442. The number of rotatable bonds is 9. The minimum absolute atomic E-state index is 0.0492. The van der Waals surface area contributed by atoms with Crippen molar-refractivity contribution in [2.45, 2.75) is 56.6 Å². The second-order valence-corrected chi connectivity index (χ2v) is 10.2. The molecule has 0 radical (unpaired) electrons. The zero-order chi connectivity index (χ0) is 26.6. The highest BCUT2D eigenvalue weighted by atomic mass is 79.9. The Morgan fingerprint density at radius 2 is 1.73 bits per heavy atom. The topological polar surface area (TPSA) is 113 Å². The molecule has 37 heavy (non-hydrogen) atoms. The Hall–Kier alpha value is -2.85. The SMILES string of the molecule is C[C@@H]1[C@H](c2ccccc2)OC(=O)N1C(=O)[C@H](Cc1ccccc1)[C@H]1O[C@@](O)(CCCCO)C(Br)=CC1=O. The minimum Gasteiger partial charge on any atom is -0.439 e. The number of ketones is 1. The standard InChI is InChI=1S/C28H30BrNO7/c1-18-24(20-12-6-3-7-13-20)36-27(34)30(18)26(33)21(16-19-10-4-2-5-11-19)25-22(32)17-23(29)28(35,37-25)14-8-9-15-31/h2-7,10-13,17-18,21,24-25,31,35H,8-9,14-16H2,1H3/t18-,21-,24-,25-,28+/m1/s1. The van der Waals surface area contributed by atoms with Gasteiger partial charge in [-0.2, -0.15) is 0 Å². The molecule has 0 aromatic heterocycles. The third-order valence-electron chi connectivity index (χ3n) is 6.78. The molecule has 0 saturated carbocycles. The van der Waals surface area contributed by atoms with Gasteiger partial charge in [-0.25, -0.2) is 9.69 Å². The second-order valence-electron chi connectivity index (χ2n) is 9.36. The minimum atomic E-state index is -1.84. The summed E-state index contributed by atoms with van der Waals surface area (Å²) in [5.74, 6) is -4.04. The lowest BCUT2D eigenvalue weighted by Crippen LogP contribution is -2.53. The van der Waals surface area contributed by atoms with Gasteiger partial charge in [-0.15, -0.1) is 0 Å². The number of benzene rings is 2. The van der Waals surface area contributed by atoms with E-state index in [4.69, 9.17) is 14.6 Å². The highest BCUT2D eigenvalue weighted by molar-refractivity contribution is 9.11. The average molecular weight is 572 g/mol.